The SMILES string of the molecule is O=C(NC(=S)Nc1cccc(OCc2ccccc2)c1)c1cc(-c2ccccc2)oc1C(F)(F)F. The van der Waals surface area contributed by atoms with E-state index >= 15 is 0 Å². The second-order valence-electron chi connectivity index (χ2n) is 7.43. The summed E-state index contributed by atoms with van der Waals surface area (Å²) in [5.74, 6) is -1.97. The molecule has 0 fully saturated rings. The van der Waals surface area contributed by atoms with Crippen LogP contribution in [-0.2, 0) is 12.8 Å². The summed E-state index contributed by atoms with van der Waals surface area (Å²) in [4.78, 5) is 12.7. The second-order valence-corrected chi connectivity index (χ2v) is 7.84. The van der Waals surface area contributed by atoms with Gasteiger partial charge < -0.3 is 14.5 Å². The average Bonchev–Trinajstić information content (AvgIpc) is 3.31. The van der Waals surface area contributed by atoms with Crippen molar-refractivity contribution in [2.75, 3.05) is 5.32 Å². The normalized spacial score (nSPS) is 11.1. The Morgan fingerprint density at radius 2 is 1.60 bits per heavy atom. The summed E-state index contributed by atoms with van der Waals surface area (Å²) in [7, 11) is 0. The Balaban J connectivity index is 1.44. The lowest BCUT2D eigenvalue weighted by molar-refractivity contribution is -0.153. The fourth-order valence-electron chi connectivity index (χ4n) is 3.25. The molecule has 0 radical (unpaired) electrons. The predicted octanol–water partition coefficient (Wildman–Crippen LogP) is 6.67. The average molecular weight is 497 g/mol. The van der Waals surface area contributed by atoms with Crippen molar-refractivity contribution in [1.29, 1.82) is 0 Å². The van der Waals surface area contributed by atoms with Crippen molar-refractivity contribution in [3.05, 3.63) is 108 Å². The molecular weight excluding hydrogens is 477 g/mol. The molecular formula is C26H19F3N2O3S. The minimum atomic E-state index is -4.86. The number of carbonyl (C=O) groups excluding carboxylic acids is 1. The maximum absolute atomic E-state index is 13.5. The van der Waals surface area contributed by atoms with Crippen LogP contribution in [0, 0.1) is 0 Å². The van der Waals surface area contributed by atoms with E-state index in [1.165, 1.54) is 0 Å². The molecule has 3 aromatic carbocycles. The number of anilines is 1. The molecule has 0 bridgehead atoms. The van der Waals surface area contributed by atoms with Gasteiger partial charge in [0.1, 0.15) is 18.1 Å². The van der Waals surface area contributed by atoms with Gasteiger partial charge in [0.25, 0.3) is 5.91 Å². The Labute approximate surface area is 204 Å². The van der Waals surface area contributed by atoms with E-state index in [1.54, 1.807) is 54.6 Å². The standard InChI is InChI=1S/C26H19F3N2O3S/c27-26(28,29)23-21(15-22(34-23)18-10-5-2-6-11-18)24(32)31-25(35)30-19-12-7-13-20(14-19)33-16-17-8-3-1-4-9-17/h1-15H,16H2,(H2,30,31,32,35). The molecule has 4 rings (SSSR count). The van der Waals surface area contributed by atoms with Gasteiger partial charge in [0, 0.05) is 17.3 Å². The number of halogens is 3. The summed E-state index contributed by atoms with van der Waals surface area (Å²) < 4.78 is 51.3. The van der Waals surface area contributed by atoms with E-state index in [9.17, 15) is 18.0 Å². The number of thiocarbonyl (C=S) groups is 1. The summed E-state index contributed by atoms with van der Waals surface area (Å²) in [6, 6.07) is 25.6. The Kier molecular flexibility index (Phi) is 7.17. The smallest absolute Gasteiger partial charge is 0.450 e. The van der Waals surface area contributed by atoms with Crippen LogP contribution in [0.5, 0.6) is 5.75 Å². The predicted molar refractivity (Wildman–Crippen MR) is 130 cm³/mol. The highest BCUT2D eigenvalue weighted by Gasteiger charge is 2.40. The van der Waals surface area contributed by atoms with E-state index in [0.717, 1.165) is 11.6 Å². The van der Waals surface area contributed by atoms with E-state index in [1.807, 2.05) is 30.3 Å². The molecule has 1 heterocycles. The first kappa shape index (κ1) is 24.0. The van der Waals surface area contributed by atoms with Crippen LogP contribution in [0.15, 0.2) is 95.4 Å². The summed E-state index contributed by atoms with van der Waals surface area (Å²) in [6.07, 6.45) is -4.86. The highest BCUT2D eigenvalue weighted by molar-refractivity contribution is 7.80. The van der Waals surface area contributed by atoms with Crippen LogP contribution in [0.4, 0.5) is 18.9 Å². The number of nitrogens with one attached hydrogen (secondary N) is 2. The lowest BCUT2D eigenvalue weighted by Gasteiger charge is -2.12. The molecule has 0 aliphatic heterocycles. The number of rotatable bonds is 6. The van der Waals surface area contributed by atoms with Gasteiger partial charge in [-0.05, 0) is 36.0 Å². The minimum Gasteiger partial charge on any atom is -0.489 e. The maximum atomic E-state index is 13.5. The first-order valence-corrected chi connectivity index (χ1v) is 10.9. The molecule has 0 saturated heterocycles. The third kappa shape index (κ3) is 6.27. The van der Waals surface area contributed by atoms with Gasteiger partial charge in [-0.3, -0.25) is 10.1 Å². The third-order valence-corrected chi connectivity index (χ3v) is 5.06. The molecule has 4 aromatic rings. The number of amides is 1. The quantitative estimate of drug-likeness (QED) is 0.292. The molecule has 0 aliphatic rings. The van der Waals surface area contributed by atoms with E-state index in [4.69, 9.17) is 21.4 Å². The van der Waals surface area contributed by atoms with Crippen LogP contribution in [0.1, 0.15) is 21.7 Å². The van der Waals surface area contributed by atoms with Crippen molar-refractivity contribution in [1.82, 2.24) is 5.32 Å². The molecule has 0 spiro atoms. The van der Waals surface area contributed by atoms with Crippen molar-refractivity contribution in [2.45, 2.75) is 12.8 Å². The van der Waals surface area contributed by atoms with Gasteiger partial charge in [-0.1, -0.05) is 66.7 Å². The zero-order valence-electron chi connectivity index (χ0n) is 18.1. The third-order valence-electron chi connectivity index (χ3n) is 4.86. The van der Waals surface area contributed by atoms with E-state index in [-0.39, 0.29) is 10.9 Å². The van der Waals surface area contributed by atoms with Gasteiger partial charge in [0.15, 0.2) is 5.11 Å². The Bertz CT molecular complexity index is 1320. The lowest BCUT2D eigenvalue weighted by atomic mass is 10.1. The van der Waals surface area contributed by atoms with Crippen molar-refractivity contribution >= 4 is 28.9 Å². The number of hydrogen-bond acceptors (Lipinski definition) is 4. The fourth-order valence-corrected chi connectivity index (χ4v) is 3.46. The molecule has 1 aromatic heterocycles. The molecule has 0 unspecified atom stereocenters. The van der Waals surface area contributed by atoms with Crippen LogP contribution in [0.25, 0.3) is 11.3 Å². The monoisotopic (exact) mass is 496 g/mol. The molecule has 0 aliphatic carbocycles. The van der Waals surface area contributed by atoms with Crippen molar-refractivity contribution in [3.63, 3.8) is 0 Å². The van der Waals surface area contributed by atoms with Crippen LogP contribution in [0.3, 0.4) is 0 Å². The highest BCUT2D eigenvalue weighted by Crippen LogP contribution is 2.37. The number of alkyl halides is 3. The summed E-state index contributed by atoms with van der Waals surface area (Å²) in [6.45, 7) is 0.357. The molecule has 9 heteroatoms. The van der Waals surface area contributed by atoms with Crippen molar-refractivity contribution in [2.24, 2.45) is 0 Å². The fraction of sp³-hybridized carbons (Fsp3) is 0.0769. The number of ether oxygens (including phenoxy) is 1. The molecule has 5 nitrogen and oxygen atoms in total. The summed E-state index contributed by atoms with van der Waals surface area (Å²) in [5.41, 5.74) is 1.23. The van der Waals surface area contributed by atoms with Crippen LogP contribution in [-0.4, -0.2) is 11.0 Å². The van der Waals surface area contributed by atoms with E-state index < -0.39 is 23.4 Å². The van der Waals surface area contributed by atoms with Crippen molar-refractivity contribution < 1.29 is 27.1 Å². The molecule has 0 saturated carbocycles. The summed E-state index contributed by atoms with van der Waals surface area (Å²) in [5, 5.41) is 4.89. The Morgan fingerprint density at radius 1 is 0.914 bits per heavy atom. The number of hydrogen-bond donors (Lipinski definition) is 2. The van der Waals surface area contributed by atoms with Crippen LogP contribution in [0.2, 0.25) is 0 Å². The van der Waals surface area contributed by atoms with Gasteiger partial charge in [0.2, 0.25) is 5.76 Å². The molecule has 1 amide bonds. The van der Waals surface area contributed by atoms with Gasteiger partial charge in [-0.2, -0.15) is 13.2 Å². The molecule has 2 N–H and O–H groups in total. The number of carbonyl (C=O) groups is 1. The molecule has 0 atom stereocenters. The second kappa shape index (κ2) is 10.4. The number of furan rings is 1. The van der Waals surface area contributed by atoms with Crippen LogP contribution < -0.4 is 15.4 Å². The van der Waals surface area contributed by atoms with Crippen LogP contribution >= 0.6 is 12.2 Å². The van der Waals surface area contributed by atoms with Gasteiger partial charge in [-0.25, -0.2) is 0 Å². The van der Waals surface area contributed by atoms with Gasteiger partial charge in [0.05, 0.1) is 5.56 Å². The van der Waals surface area contributed by atoms with Gasteiger partial charge in [-0.15, -0.1) is 0 Å². The van der Waals surface area contributed by atoms with E-state index in [0.29, 0.717) is 23.6 Å². The topological polar surface area (TPSA) is 63.5 Å². The summed E-state index contributed by atoms with van der Waals surface area (Å²) >= 11 is 5.14. The zero-order valence-corrected chi connectivity index (χ0v) is 19.0. The number of benzene rings is 3. The maximum Gasteiger partial charge on any atom is 0.450 e. The molecule has 178 valence electrons. The van der Waals surface area contributed by atoms with E-state index in [2.05, 4.69) is 10.6 Å². The highest BCUT2D eigenvalue weighted by atomic mass is 32.1. The van der Waals surface area contributed by atoms with Gasteiger partial charge >= 0.3 is 6.18 Å². The largest absolute Gasteiger partial charge is 0.489 e. The Morgan fingerprint density at radius 3 is 2.29 bits per heavy atom. The Hall–Kier alpha value is -4.11. The van der Waals surface area contributed by atoms with Crippen molar-refractivity contribution in [3.8, 4) is 17.1 Å². The first-order chi connectivity index (χ1) is 16.8. The molecule has 35 heavy (non-hydrogen) atoms. The zero-order chi connectivity index (χ0) is 24.8. The first-order valence-electron chi connectivity index (χ1n) is 10.4. The lowest BCUT2D eigenvalue weighted by Crippen LogP contribution is -2.34. The minimum absolute atomic E-state index is 0.0785.